The van der Waals surface area contributed by atoms with Crippen molar-refractivity contribution in [1.29, 1.82) is 5.41 Å². The highest BCUT2D eigenvalue weighted by Crippen LogP contribution is 2.11. The Kier molecular flexibility index (Phi) is 4.86. The summed E-state index contributed by atoms with van der Waals surface area (Å²) in [6.45, 7) is 2.60. The van der Waals surface area contributed by atoms with E-state index in [-0.39, 0.29) is 17.2 Å². The molecule has 0 saturated carbocycles. The summed E-state index contributed by atoms with van der Waals surface area (Å²) in [5, 5.41) is 7.57. The van der Waals surface area contributed by atoms with Crippen LogP contribution in [0.2, 0.25) is 0 Å². The Bertz CT molecular complexity index is 253. The molecule has 1 aliphatic rings. The van der Waals surface area contributed by atoms with Crippen molar-refractivity contribution in [2.24, 2.45) is 16.5 Å². The second kappa shape index (κ2) is 5.94. The lowest BCUT2D eigenvalue weighted by Gasteiger charge is -2.29. The van der Waals surface area contributed by atoms with Crippen LogP contribution in [0.15, 0.2) is 4.99 Å². The average molecular weight is 231 g/mol. The normalized spacial score (nSPS) is 22.3. The Morgan fingerprint density at radius 3 is 3.00 bits per heavy atom. The number of nitrogens with zero attached hydrogens (tertiary/aromatic N) is 2. The minimum Gasteiger partial charge on any atom is -0.375 e. The highest BCUT2D eigenvalue weighted by Gasteiger charge is 2.18. The van der Waals surface area contributed by atoms with Crippen molar-refractivity contribution in [1.82, 2.24) is 4.90 Å². The molecule has 1 aliphatic heterocycles. The van der Waals surface area contributed by atoms with Crippen molar-refractivity contribution >= 4 is 22.9 Å². The Hall–Kier alpha value is -0.790. The smallest absolute Gasteiger partial charge is 0.193 e. The SMILES string of the molecule is CN1CCOC(CSC(=N)N=C(N)N)C1. The molecule has 15 heavy (non-hydrogen) atoms. The number of aliphatic imine (C=N–C) groups is 1. The maximum absolute atomic E-state index is 7.43. The van der Waals surface area contributed by atoms with Gasteiger partial charge in [-0.1, -0.05) is 11.8 Å². The molecular weight excluding hydrogens is 214 g/mol. The lowest BCUT2D eigenvalue weighted by atomic mass is 10.3. The topological polar surface area (TPSA) is 101 Å². The van der Waals surface area contributed by atoms with Crippen molar-refractivity contribution < 1.29 is 4.74 Å². The van der Waals surface area contributed by atoms with Gasteiger partial charge in [-0.25, -0.2) is 0 Å². The first-order chi connectivity index (χ1) is 7.08. The molecule has 1 rings (SSSR count). The van der Waals surface area contributed by atoms with Crippen molar-refractivity contribution in [2.45, 2.75) is 6.10 Å². The van der Waals surface area contributed by atoms with E-state index in [2.05, 4.69) is 16.9 Å². The summed E-state index contributed by atoms with van der Waals surface area (Å²) in [5.41, 5.74) is 10.3. The number of guanidine groups is 1. The summed E-state index contributed by atoms with van der Waals surface area (Å²) in [6, 6.07) is 0. The van der Waals surface area contributed by atoms with Crippen molar-refractivity contribution in [2.75, 3.05) is 32.5 Å². The summed E-state index contributed by atoms with van der Waals surface area (Å²) < 4.78 is 5.53. The van der Waals surface area contributed by atoms with Gasteiger partial charge in [-0.05, 0) is 7.05 Å². The zero-order valence-corrected chi connectivity index (χ0v) is 9.59. The fourth-order valence-corrected chi connectivity index (χ4v) is 2.00. The Balaban J connectivity index is 2.24. The Morgan fingerprint density at radius 2 is 2.40 bits per heavy atom. The monoisotopic (exact) mass is 231 g/mol. The number of hydrogen-bond acceptors (Lipinski definition) is 4. The van der Waals surface area contributed by atoms with Gasteiger partial charge in [0.1, 0.15) is 0 Å². The summed E-state index contributed by atoms with van der Waals surface area (Å²) in [5.74, 6) is 0.633. The predicted octanol–water partition coefficient (Wildman–Crippen LogP) is -0.742. The van der Waals surface area contributed by atoms with Crippen LogP contribution in [-0.4, -0.2) is 54.6 Å². The Morgan fingerprint density at radius 1 is 1.67 bits per heavy atom. The van der Waals surface area contributed by atoms with E-state index in [0.717, 1.165) is 19.7 Å². The molecule has 1 unspecified atom stereocenters. The lowest BCUT2D eigenvalue weighted by molar-refractivity contribution is -0.00589. The molecule has 0 bridgehead atoms. The molecule has 0 aromatic rings. The van der Waals surface area contributed by atoms with Gasteiger partial charge in [0, 0.05) is 18.8 Å². The first-order valence-electron chi connectivity index (χ1n) is 4.69. The van der Waals surface area contributed by atoms with E-state index in [1.807, 2.05) is 0 Å². The van der Waals surface area contributed by atoms with Crippen LogP contribution in [0.1, 0.15) is 0 Å². The van der Waals surface area contributed by atoms with Gasteiger partial charge >= 0.3 is 0 Å². The van der Waals surface area contributed by atoms with Gasteiger partial charge in [0.15, 0.2) is 11.1 Å². The minimum absolute atomic E-state index is 0.0748. The molecule has 0 radical (unpaired) electrons. The first-order valence-corrected chi connectivity index (χ1v) is 5.67. The van der Waals surface area contributed by atoms with Gasteiger partial charge in [0.2, 0.25) is 0 Å². The molecule has 0 amide bonds. The molecule has 0 spiro atoms. The van der Waals surface area contributed by atoms with Gasteiger partial charge in [0.05, 0.1) is 12.7 Å². The number of morpholine rings is 1. The third-order valence-electron chi connectivity index (χ3n) is 1.98. The van der Waals surface area contributed by atoms with Crippen LogP contribution in [0.5, 0.6) is 0 Å². The molecule has 1 atom stereocenters. The van der Waals surface area contributed by atoms with Crippen LogP contribution in [-0.2, 0) is 4.74 Å². The number of amidine groups is 1. The van der Waals surface area contributed by atoms with E-state index in [1.54, 1.807) is 0 Å². The minimum atomic E-state index is -0.0748. The third kappa shape index (κ3) is 5.01. The molecule has 1 heterocycles. The van der Waals surface area contributed by atoms with E-state index in [9.17, 15) is 0 Å². The number of nitrogens with one attached hydrogen (secondary N) is 1. The fourth-order valence-electron chi connectivity index (χ4n) is 1.29. The molecule has 0 aromatic heterocycles. The van der Waals surface area contributed by atoms with Gasteiger partial charge in [-0.3, -0.25) is 5.41 Å². The maximum Gasteiger partial charge on any atom is 0.193 e. The lowest BCUT2D eigenvalue weighted by Crippen LogP contribution is -2.41. The first kappa shape index (κ1) is 12.3. The maximum atomic E-state index is 7.43. The molecule has 0 aliphatic carbocycles. The summed E-state index contributed by atoms with van der Waals surface area (Å²) in [6.07, 6.45) is 0.156. The molecule has 7 heteroatoms. The fraction of sp³-hybridized carbons (Fsp3) is 0.750. The van der Waals surface area contributed by atoms with E-state index in [4.69, 9.17) is 21.6 Å². The highest BCUT2D eigenvalue weighted by atomic mass is 32.2. The zero-order chi connectivity index (χ0) is 11.3. The van der Waals surface area contributed by atoms with Crippen molar-refractivity contribution in [3.63, 3.8) is 0 Å². The third-order valence-corrected chi connectivity index (χ3v) is 2.88. The summed E-state index contributed by atoms with van der Waals surface area (Å²) in [4.78, 5) is 5.84. The second-order valence-electron chi connectivity index (χ2n) is 3.41. The van der Waals surface area contributed by atoms with Crippen LogP contribution in [0.3, 0.4) is 0 Å². The van der Waals surface area contributed by atoms with Gasteiger partial charge < -0.3 is 21.1 Å². The van der Waals surface area contributed by atoms with Gasteiger partial charge in [0.25, 0.3) is 0 Å². The average Bonchev–Trinajstić information content (AvgIpc) is 2.14. The number of hydrogen-bond donors (Lipinski definition) is 3. The summed E-state index contributed by atoms with van der Waals surface area (Å²) in [7, 11) is 2.06. The number of thioether (sulfide) groups is 1. The number of ether oxygens (including phenoxy) is 1. The predicted molar refractivity (Wildman–Crippen MR) is 63.2 cm³/mol. The van der Waals surface area contributed by atoms with Crippen LogP contribution >= 0.6 is 11.8 Å². The zero-order valence-electron chi connectivity index (χ0n) is 8.77. The van der Waals surface area contributed by atoms with Gasteiger partial charge in [-0.15, -0.1) is 0 Å². The molecular formula is C8H17N5OS. The Labute approximate surface area is 93.5 Å². The molecule has 6 nitrogen and oxygen atoms in total. The van der Waals surface area contributed by atoms with Crippen molar-refractivity contribution in [3.05, 3.63) is 0 Å². The van der Waals surface area contributed by atoms with Crippen LogP contribution in [0.4, 0.5) is 0 Å². The number of nitrogens with two attached hydrogens (primary N) is 2. The van der Waals surface area contributed by atoms with E-state index < -0.39 is 0 Å². The standard InChI is InChI=1S/C8H17N5OS/c1-13-2-3-14-6(4-13)5-15-8(11)12-7(9)10/h6H,2-5H2,1H3,(H5,9,10,11,12). The van der Waals surface area contributed by atoms with E-state index >= 15 is 0 Å². The largest absolute Gasteiger partial charge is 0.375 e. The van der Waals surface area contributed by atoms with E-state index in [0.29, 0.717) is 5.75 Å². The number of rotatable bonds is 2. The highest BCUT2D eigenvalue weighted by molar-refractivity contribution is 8.13. The van der Waals surface area contributed by atoms with Crippen LogP contribution in [0.25, 0.3) is 0 Å². The molecule has 1 saturated heterocycles. The molecule has 1 fully saturated rings. The molecule has 5 N–H and O–H groups in total. The molecule has 0 aromatic carbocycles. The van der Waals surface area contributed by atoms with Gasteiger partial charge in [-0.2, -0.15) is 4.99 Å². The summed E-state index contributed by atoms with van der Waals surface area (Å²) >= 11 is 1.30. The quantitative estimate of drug-likeness (QED) is 0.429. The van der Waals surface area contributed by atoms with E-state index in [1.165, 1.54) is 11.8 Å². The molecule has 86 valence electrons. The second-order valence-corrected chi connectivity index (χ2v) is 4.42. The van der Waals surface area contributed by atoms with Crippen LogP contribution < -0.4 is 11.5 Å². The number of likely N-dealkylation sites (N-methyl/N-ethyl adjacent to an activating group) is 1. The van der Waals surface area contributed by atoms with Crippen LogP contribution in [0, 0.1) is 5.41 Å². The van der Waals surface area contributed by atoms with Crippen molar-refractivity contribution in [3.8, 4) is 0 Å².